The Hall–Kier alpha value is -1.43. The molecule has 2 aliphatic rings. The Labute approximate surface area is 137 Å². The fourth-order valence-corrected chi connectivity index (χ4v) is 4.19. The number of pyridine rings is 1. The first-order chi connectivity index (χ1) is 11.3. The van der Waals surface area contributed by atoms with E-state index >= 15 is 0 Å². The van der Waals surface area contributed by atoms with Gasteiger partial charge in [-0.25, -0.2) is 4.98 Å². The molecule has 2 fully saturated rings. The van der Waals surface area contributed by atoms with E-state index in [-0.39, 0.29) is 0 Å². The van der Waals surface area contributed by atoms with E-state index in [0.29, 0.717) is 18.7 Å². The zero-order chi connectivity index (χ0) is 15.6. The fourth-order valence-electron chi connectivity index (χ4n) is 4.19. The Bertz CT molecular complexity index is 622. The van der Waals surface area contributed by atoms with Crippen LogP contribution in [0, 0.1) is 0 Å². The highest BCUT2D eigenvalue weighted by atomic mass is 16.3. The van der Waals surface area contributed by atoms with E-state index in [2.05, 4.69) is 32.7 Å². The number of fused-ring (bicyclic) bond motifs is 1. The predicted molar refractivity (Wildman–Crippen MR) is 90.3 cm³/mol. The first-order valence-electron chi connectivity index (χ1n) is 8.85. The van der Waals surface area contributed by atoms with Gasteiger partial charge in [0.15, 0.2) is 0 Å². The minimum Gasteiger partial charge on any atom is -0.395 e. The molecule has 23 heavy (non-hydrogen) atoms. The van der Waals surface area contributed by atoms with E-state index in [1.54, 1.807) is 0 Å². The SMILES string of the molecule is OCC1CCCN1CC1CCCN1Cc1cn2ccccc2n1. The maximum absolute atomic E-state index is 9.52. The van der Waals surface area contributed by atoms with Crippen molar-refractivity contribution in [2.45, 2.75) is 44.3 Å². The Morgan fingerprint density at radius 2 is 1.91 bits per heavy atom. The van der Waals surface area contributed by atoms with Crippen molar-refractivity contribution in [2.24, 2.45) is 0 Å². The molecule has 2 unspecified atom stereocenters. The van der Waals surface area contributed by atoms with Crippen LogP contribution in [0.15, 0.2) is 30.6 Å². The Balaban J connectivity index is 1.43. The van der Waals surface area contributed by atoms with Gasteiger partial charge in [0.25, 0.3) is 0 Å². The van der Waals surface area contributed by atoms with Crippen LogP contribution in [-0.4, -0.2) is 62.6 Å². The molecule has 4 heterocycles. The highest BCUT2D eigenvalue weighted by Gasteiger charge is 2.31. The van der Waals surface area contributed by atoms with E-state index in [1.807, 2.05) is 12.1 Å². The number of hydrogen-bond donors (Lipinski definition) is 1. The van der Waals surface area contributed by atoms with Crippen LogP contribution < -0.4 is 0 Å². The molecule has 1 N–H and O–H groups in total. The van der Waals surface area contributed by atoms with Gasteiger partial charge in [0.2, 0.25) is 0 Å². The molecular weight excluding hydrogens is 288 g/mol. The summed E-state index contributed by atoms with van der Waals surface area (Å²) in [7, 11) is 0. The van der Waals surface area contributed by atoms with Gasteiger partial charge in [0.05, 0.1) is 12.3 Å². The van der Waals surface area contributed by atoms with Gasteiger partial charge < -0.3 is 9.51 Å². The molecule has 4 rings (SSSR count). The zero-order valence-corrected chi connectivity index (χ0v) is 13.6. The lowest BCUT2D eigenvalue weighted by Gasteiger charge is -2.30. The van der Waals surface area contributed by atoms with Crippen LogP contribution in [0.2, 0.25) is 0 Å². The number of aliphatic hydroxyl groups excluding tert-OH is 1. The molecule has 2 atom stereocenters. The van der Waals surface area contributed by atoms with E-state index < -0.39 is 0 Å². The van der Waals surface area contributed by atoms with Crippen molar-refractivity contribution in [3.05, 3.63) is 36.3 Å². The number of aliphatic hydroxyl groups is 1. The number of aromatic nitrogens is 2. The maximum Gasteiger partial charge on any atom is 0.137 e. The summed E-state index contributed by atoms with van der Waals surface area (Å²) in [5, 5.41) is 9.52. The quantitative estimate of drug-likeness (QED) is 0.913. The summed E-state index contributed by atoms with van der Waals surface area (Å²) in [6.07, 6.45) is 9.12. The average Bonchev–Trinajstić information content (AvgIpc) is 3.28. The highest BCUT2D eigenvalue weighted by Crippen LogP contribution is 2.24. The number of nitrogens with zero attached hydrogens (tertiary/aromatic N) is 4. The van der Waals surface area contributed by atoms with Crippen molar-refractivity contribution in [1.29, 1.82) is 0 Å². The average molecular weight is 314 g/mol. The lowest BCUT2D eigenvalue weighted by Crippen LogP contribution is -2.43. The third kappa shape index (κ3) is 3.13. The van der Waals surface area contributed by atoms with Crippen molar-refractivity contribution < 1.29 is 5.11 Å². The third-order valence-corrected chi connectivity index (χ3v) is 5.43. The molecular formula is C18H26N4O. The summed E-state index contributed by atoms with van der Waals surface area (Å²) in [6.45, 7) is 4.64. The summed E-state index contributed by atoms with van der Waals surface area (Å²) < 4.78 is 2.10. The van der Waals surface area contributed by atoms with Crippen molar-refractivity contribution in [3.8, 4) is 0 Å². The molecule has 0 aliphatic carbocycles. The number of likely N-dealkylation sites (tertiary alicyclic amines) is 2. The Morgan fingerprint density at radius 1 is 1.09 bits per heavy atom. The number of imidazole rings is 1. The van der Waals surface area contributed by atoms with E-state index in [4.69, 9.17) is 4.98 Å². The van der Waals surface area contributed by atoms with Crippen molar-refractivity contribution in [1.82, 2.24) is 19.2 Å². The molecule has 0 spiro atoms. The van der Waals surface area contributed by atoms with Gasteiger partial charge >= 0.3 is 0 Å². The summed E-state index contributed by atoms with van der Waals surface area (Å²) in [6, 6.07) is 7.12. The molecule has 5 nitrogen and oxygen atoms in total. The highest BCUT2D eigenvalue weighted by molar-refractivity contribution is 5.39. The minimum absolute atomic E-state index is 0.305. The summed E-state index contributed by atoms with van der Waals surface area (Å²) in [5.74, 6) is 0. The molecule has 2 saturated heterocycles. The van der Waals surface area contributed by atoms with E-state index in [9.17, 15) is 5.11 Å². The zero-order valence-electron chi connectivity index (χ0n) is 13.6. The van der Waals surface area contributed by atoms with Crippen molar-refractivity contribution in [3.63, 3.8) is 0 Å². The van der Waals surface area contributed by atoms with Crippen LogP contribution in [-0.2, 0) is 6.54 Å². The number of rotatable bonds is 5. The van der Waals surface area contributed by atoms with Crippen LogP contribution in [0.3, 0.4) is 0 Å². The smallest absolute Gasteiger partial charge is 0.137 e. The Kier molecular flexibility index (Phi) is 4.33. The van der Waals surface area contributed by atoms with Gasteiger partial charge in [-0.05, 0) is 50.9 Å². The van der Waals surface area contributed by atoms with Crippen LogP contribution in [0.25, 0.3) is 5.65 Å². The topological polar surface area (TPSA) is 44.0 Å². The summed E-state index contributed by atoms with van der Waals surface area (Å²) >= 11 is 0. The predicted octanol–water partition coefficient (Wildman–Crippen LogP) is 1.76. The first kappa shape index (κ1) is 15.1. The minimum atomic E-state index is 0.305. The third-order valence-electron chi connectivity index (χ3n) is 5.43. The van der Waals surface area contributed by atoms with E-state index in [0.717, 1.165) is 43.9 Å². The summed E-state index contributed by atoms with van der Waals surface area (Å²) in [4.78, 5) is 9.81. The van der Waals surface area contributed by atoms with Crippen LogP contribution in [0.5, 0.6) is 0 Å². The maximum atomic E-state index is 9.52. The Morgan fingerprint density at radius 3 is 2.74 bits per heavy atom. The van der Waals surface area contributed by atoms with Gasteiger partial charge in [-0.2, -0.15) is 0 Å². The molecule has 2 aliphatic heterocycles. The van der Waals surface area contributed by atoms with Gasteiger partial charge in [-0.15, -0.1) is 0 Å². The van der Waals surface area contributed by atoms with Gasteiger partial charge in [-0.1, -0.05) is 6.07 Å². The van der Waals surface area contributed by atoms with Crippen LogP contribution >= 0.6 is 0 Å². The lowest BCUT2D eigenvalue weighted by molar-refractivity contribution is 0.119. The van der Waals surface area contributed by atoms with E-state index in [1.165, 1.54) is 19.3 Å². The monoisotopic (exact) mass is 314 g/mol. The second-order valence-corrected chi connectivity index (χ2v) is 6.94. The molecule has 0 amide bonds. The normalized spacial score (nSPS) is 26.5. The van der Waals surface area contributed by atoms with Crippen molar-refractivity contribution in [2.75, 3.05) is 26.2 Å². The van der Waals surface area contributed by atoms with Gasteiger partial charge in [-0.3, -0.25) is 9.80 Å². The molecule has 124 valence electrons. The molecule has 5 heteroatoms. The lowest BCUT2D eigenvalue weighted by atomic mass is 10.2. The molecule has 0 radical (unpaired) electrons. The molecule has 0 aromatic carbocycles. The first-order valence-corrected chi connectivity index (χ1v) is 8.85. The van der Waals surface area contributed by atoms with Crippen LogP contribution in [0.4, 0.5) is 0 Å². The molecule has 0 bridgehead atoms. The van der Waals surface area contributed by atoms with Crippen LogP contribution in [0.1, 0.15) is 31.4 Å². The standard InChI is InChI=1S/C18H26N4O/c23-14-17-6-4-10-21(17)13-16-5-3-9-20(16)11-15-12-22-8-2-1-7-18(22)19-15/h1-2,7-8,12,16-17,23H,3-6,9-11,13-14H2. The molecule has 2 aromatic heterocycles. The summed E-state index contributed by atoms with van der Waals surface area (Å²) in [5.41, 5.74) is 2.18. The fraction of sp³-hybridized carbons (Fsp3) is 0.611. The number of hydrogen-bond acceptors (Lipinski definition) is 4. The molecule has 0 saturated carbocycles. The van der Waals surface area contributed by atoms with Crippen molar-refractivity contribution >= 4 is 5.65 Å². The van der Waals surface area contributed by atoms with Gasteiger partial charge in [0.1, 0.15) is 5.65 Å². The largest absolute Gasteiger partial charge is 0.395 e. The molecule has 2 aromatic rings. The second-order valence-electron chi connectivity index (χ2n) is 6.94. The second kappa shape index (κ2) is 6.59. The van der Waals surface area contributed by atoms with Gasteiger partial charge in [0, 0.05) is 37.6 Å².